The third-order valence-corrected chi connectivity index (χ3v) is 6.08. The van der Waals surface area contributed by atoms with Gasteiger partial charge in [0.2, 0.25) is 5.91 Å². The van der Waals surface area contributed by atoms with Crippen molar-refractivity contribution in [2.45, 2.75) is 18.3 Å². The standard InChI is InChI=1S/C22H21F2N3O/c23-15-1-4-17(5-2-15)26-9-11-27(12-10-26)21(28)22(7-8-22)19-14-25-20-13-16(24)3-6-18(19)20/h1-6,13-14,25H,7-12H2. The highest BCUT2D eigenvalue weighted by atomic mass is 19.1. The van der Waals surface area contributed by atoms with Crippen molar-refractivity contribution in [1.29, 1.82) is 0 Å². The SMILES string of the molecule is O=C(N1CCN(c2ccc(F)cc2)CC1)C1(c2c[nH]c3cc(F)ccc23)CC1. The monoisotopic (exact) mass is 381 g/mol. The van der Waals surface area contributed by atoms with Crippen LogP contribution in [0.25, 0.3) is 10.9 Å². The lowest BCUT2D eigenvalue weighted by Crippen LogP contribution is -2.51. The van der Waals surface area contributed by atoms with Crippen molar-refractivity contribution in [3.63, 3.8) is 0 Å². The fourth-order valence-corrected chi connectivity index (χ4v) is 4.34. The molecule has 0 atom stereocenters. The largest absolute Gasteiger partial charge is 0.368 e. The summed E-state index contributed by atoms with van der Waals surface area (Å²) in [6.07, 6.45) is 3.52. The number of aromatic amines is 1. The number of hydrogen-bond donors (Lipinski definition) is 1. The summed E-state index contributed by atoms with van der Waals surface area (Å²) in [6, 6.07) is 11.2. The normalized spacial score (nSPS) is 18.5. The summed E-state index contributed by atoms with van der Waals surface area (Å²) in [5.41, 5.74) is 2.21. The minimum Gasteiger partial charge on any atom is -0.368 e. The molecule has 1 N–H and O–H groups in total. The van der Waals surface area contributed by atoms with E-state index < -0.39 is 5.41 Å². The van der Waals surface area contributed by atoms with Gasteiger partial charge in [-0.15, -0.1) is 0 Å². The molecule has 144 valence electrons. The van der Waals surface area contributed by atoms with E-state index in [4.69, 9.17) is 0 Å². The third kappa shape index (κ3) is 2.75. The van der Waals surface area contributed by atoms with E-state index in [0.717, 1.165) is 48.1 Å². The molecule has 0 unspecified atom stereocenters. The van der Waals surface area contributed by atoms with Crippen LogP contribution in [0.1, 0.15) is 18.4 Å². The van der Waals surface area contributed by atoms with Gasteiger partial charge in [0.1, 0.15) is 11.6 Å². The molecule has 1 aromatic heterocycles. The predicted octanol–water partition coefficient (Wildman–Crippen LogP) is 3.83. The molecule has 1 saturated carbocycles. The van der Waals surface area contributed by atoms with Crippen LogP contribution in [-0.2, 0) is 10.2 Å². The highest BCUT2D eigenvalue weighted by molar-refractivity contribution is 5.97. The lowest BCUT2D eigenvalue weighted by atomic mass is 9.93. The first-order chi connectivity index (χ1) is 13.6. The molecule has 0 radical (unpaired) electrons. The zero-order valence-electron chi connectivity index (χ0n) is 15.4. The lowest BCUT2D eigenvalue weighted by Gasteiger charge is -2.37. The molecular formula is C22H21F2N3O. The van der Waals surface area contributed by atoms with Crippen LogP contribution in [0.3, 0.4) is 0 Å². The molecule has 6 heteroatoms. The molecule has 1 saturated heterocycles. The molecule has 4 nitrogen and oxygen atoms in total. The molecular weight excluding hydrogens is 360 g/mol. The zero-order valence-corrected chi connectivity index (χ0v) is 15.4. The van der Waals surface area contributed by atoms with Crippen LogP contribution >= 0.6 is 0 Å². The van der Waals surface area contributed by atoms with Crippen LogP contribution in [0.5, 0.6) is 0 Å². The summed E-state index contributed by atoms with van der Waals surface area (Å²) in [6.45, 7) is 2.75. The van der Waals surface area contributed by atoms with E-state index in [2.05, 4.69) is 9.88 Å². The lowest BCUT2D eigenvalue weighted by molar-refractivity contribution is -0.134. The van der Waals surface area contributed by atoms with Gasteiger partial charge in [-0.25, -0.2) is 8.78 Å². The highest BCUT2D eigenvalue weighted by Crippen LogP contribution is 2.51. The summed E-state index contributed by atoms with van der Waals surface area (Å²) >= 11 is 0. The second-order valence-corrected chi connectivity index (χ2v) is 7.73. The van der Waals surface area contributed by atoms with E-state index in [1.165, 1.54) is 24.3 Å². The highest BCUT2D eigenvalue weighted by Gasteiger charge is 2.54. The van der Waals surface area contributed by atoms with Gasteiger partial charge in [0.05, 0.1) is 5.41 Å². The van der Waals surface area contributed by atoms with Gasteiger partial charge in [-0.2, -0.15) is 0 Å². The summed E-state index contributed by atoms with van der Waals surface area (Å²) in [5, 5.41) is 0.928. The minimum atomic E-state index is -0.478. The molecule has 3 aromatic rings. The maximum absolute atomic E-state index is 13.5. The molecule has 1 aliphatic carbocycles. The number of nitrogens with zero attached hydrogens (tertiary/aromatic N) is 2. The van der Waals surface area contributed by atoms with Gasteiger partial charge < -0.3 is 14.8 Å². The zero-order chi connectivity index (χ0) is 19.3. The number of amides is 1. The Bertz CT molecular complexity index is 1030. The molecule has 2 aliphatic rings. The van der Waals surface area contributed by atoms with Crippen LogP contribution in [0.15, 0.2) is 48.7 Å². The van der Waals surface area contributed by atoms with E-state index >= 15 is 0 Å². The number of benzene rings is 2. The van der Waals surface area contributed by atoms with Gasteiger partial charge in [0.25, 0.3) is 0 Å². The van der Waals surface area contributed by atoms with Gasteiger partial charge in [0, 0.05) is 49.0 Å². The predicted molar refractivity (Wildman–Crippen MR) is 104 cm³/mol. The van der Waals surface area contributed by atoms with Crippen molar-refractivity contribution in [1.82, 2.24) is 9.88 Å². The molecule has 5 rings (SSSR count). The Balaban J connectivity index is 1.33. The molecule has 0 bridgehead atoms. The Hall–Kier alpha value is -2.89. The van der Waals surface area contributed by atoms with E-state index in [0.29, 0.717) is 13.1 Å². The van der Waals surface area contributed by atoms with E-state index in [1.807, 2.05) is 11.1 Å². The fraction of sp³-hybridized carbons (Fsp3) is 0.318. The number of H-pyrrole nitrogens is 1. The summed E-state index contributed by atoms with van der Waals surface area (Å²) in [7, 11) is 0. The van der Waals surface area contributed by atoms with Crippen molar-refractivity contribution >= 4 is 22.5 Å². The van der Waals surface area contributed by atoms with Gasteiger partial charge in [-0.1, -0.05) is 0 Å². The molecule has 1 amide bonds. The fourth-order valence-electron chi connectivity index (χ4n) is 4.34. The van der Waals surface area contributed by atoms with Gasteiger partial charge in [-0.3, -0.25) is 4.79 Å². The topological polar surface area (TPSA) is 39.3 Å². The maximum Gasteiger partial charge on any atom is 0.233 e. The van der Waals surface area contributed by atoms with Gasteiger partial charge >= 0.3 is 0 Å². The Labute approximate surface area is 161 Å². The third-order valence-electron chi connectivity index (χ3n) is 6.08. The first-order valence-electron chi connectivity index (χ1n) is 9.64. The number of carbonyl (C=O) groups is 1. The molecule has 1 aliphatic heterocycles. The summed E-state index contributed by atoms with van der Waals surface area (Å²) in [5.74, 6) is -0.364. The van der Waals surface area contributed by atoms with Crippen LogP contribution in [-0.4, -0.2) is 42.0 Å². The smallest absolute Gasteiger partial charge is 0.233 e. The first-order valence-corrected chi connectivity index (χ1v) is 9.64. The quantitative estimate of drug-likeness (QED) is 0.749. The summed E-state index contributed by atoms with van der Waals surface area (Å²) < 4.78 is 26.6. The number of carbonyl (C=O) groups excluding carboxylic acids is 1. The van der Waals surface area contributed by atoms with Crippen molar-refractivity contribution in [3.8, 4) is 0 Å². The molecule has 2 fully saturated rings. The number of hydrogen-bond acceptors (Lipinski definition) is 2. The number of nitrogens with one attached hydrogen (secondary N) is 1. The average Bonchev–Trinajstić information content (AvgIpc) is 3.41. The molecule has 2 heterocycles. The van der Waals surface area contributed by atoms with Crippen LogP contribution in [0.2, 0.25) is 0 Å². The number of fused-ring (bicyclic) bond motifs is 1. The molecule has 0 spiro atoms. The number of aromatic nitrogens is 1. The van der Waals surface area contributed by atoms with Crippen molar-refractivity contribution in [3.05, 3.63) is 65.9 Å². The molecule has 2 aromatic carbocycles. The molecule has 28 heavy (non-hydrogen) atoms. The van der Waals surface area contributed by atoms with Crippen LogP contribution < -0.4 is 4.90 Å². The number of anilines is 1. The number of rotatable bonds is 3. The van der Waals surface area contributed by atoms with Crippen LogP contribution in [0, 0.1) is 11.6 Å². The van der Waals surface area contributed by atoms with E-state index in [9.17, 15) is 13.6 Å². The van der Waals surface area contributed by atoms with E-state index in [-0.39, 0.29) is 17.5 Å². The first kappa shape index (κ1) is 17.2. The Morgan fingerprint density at radius 2 is 1.61 bits per heavy atom. The second kappa shape index (κ2) is 6.33. The Morgan fingerprint density at radius 1 is 0.929 bits per heavy atom. The Morgan fingerprint density at radius 3 is 2.29 bits per heavy atom. The van der Waals surface area contributed by atoms with Crippen molar-refractivity contribution in [2.75, 3.05) is 31.1 Å². The van der Waals surface area contributed by atoms with Crippen molar-refractivity contribution in [2.24, 2.45) is 0 Å². The van der Waals surface area contributed by atoms with E-state index in [1.54, 1.807) is 18.2 Å². The average molecular weight is 381 g/mol. The number of halogens is 2. The maximum atomic E-state index is 13.5. The Kier molecular flexibility index (Phi) is 3.89. The minimum absolute atomic E-state index is 0.163. The summed E-state index contributed by atoms with van der Waals surface area (Å²) in [4.78, 5) is 20.6. The van der Waals surface area contributed by atoms with Crippen molar-refractivity contribution < 1.29 is 13.6 Å². The van der Waals surface area contributed by atoms with Gasteiger partial charge in [0.15, 0.2) is 0 Å². The number of piperazine rings is 1. The second-order valence-electron chi connectivity index (χ2n) is 7.73. The van der Waals surface area contributed by atoms with Gasteiger partial charge in [-0.05, 0) is 60.9 Å². The van der Waals surface area contributed by atoms with Crippen LogP contribution in [0.4, 0.5) is 14.5 Å².